The molecule has 1 aliphatic carbocycles. The normalized spacial score (nSPS) is 13.3. The molecule has 0 aromatic heterocycles. The van der Waals surface area contributed by atoms with E-state index in [2.05, 4.69) is 13.2 Å². The van der Waals surface area contributed by atoms with Gasteiger partial charge in [-0.05, 0) is 61.6 Å². The van der Waals surface area contributed by atoms with Gasteiger partial charge in [-0.2, -0.15) is 0 Å². The van der Waals surface area contributed by atoms with Gasteiger partial charge in [0, 0.05) is 17.7 Å². The van der Waals surface area contributed by atoms with Crippen LogP contribution >= 0.6 is 0 Å². The van der Waals surface area contributed by atoms with Crippen LogP contribution in [0.2, 0.25) is 0 Å². The lowest BCUT2D eigenvalue weighted by molar-refractivity contribution is -0.150. The van der Waals surface area contributed by atoms with Crippen molar-refractivity contribution in [2.75, 3.05) is 6.61 Å². The lowest BCUT2D eigenvalue weighted by atomic mass is 9.98. The van der Waals surface area contributed by atoms with E-state index in [1.807, 2.05) is 0 Å². The molecule has 9 nitrogen and oxygen atoms in total. The summed E-state index contributed by atoms with van der Waals surface area (Å²) >= 11 is 0. The maximum Gasteiger partial charge on any atom is 0.341 e. The van der Waals surface area contributed by atoms with Crippen LogP contribution in [0.1, 0.15) is 44.1 Å². The van der Waals surface area contributed by atoms with Gasteiger partial charge in [-0.15, -0.1) is 0 Å². The molecule has 0 spiro atoms. The molecule has 10 heteroatoms. The minimum Gasteiger partial charge on any atom is -0.462 e. The quantitative estimate of drug-likeness (QED) is 0.241. The lowest BCUT2D eigenvalue weighted by Gasteiger charge is -2.21. The average molecular weight is 553 g/mol. The summed E-state index contributed by atoms with van der Waals surface area (Å²) < 4.78 is 34.7. The number of aliphatic hydroxyl groups is 1. The highest BCUT2D eigenvalue weighted by atomic mass is 19.1. The van der Waals surface area contributed by atoms with Crippen LogP contribution in [0.5, 0.6) is 17.2 Å². The van der Waals surface area contributed by atoms with E-state index in [1.165, 1.54) is 24.3 Å². The van der Waals surface area contributed by atoms with Gasteiger partial charge in [0.05, 0.1) is 18.6 Å². The van der Waals surface area contributed by atoms with E-state index >= 15 is 0 Å². The van der Waals surface area contributed by atoms with Gasteiger partial charge in [-0.25, -0.2) is 18.8 Å². The number of halogens is 1. The molecule has 1 N–H and O–H groups in total. The van der Waals surface area contributed by atoms with Crippen molar-refractivity contribution in [1.82, 2.24) is 0 Å². The number of aliphatic hydroxyl groups excluding tert-OH is 1. The second-order valence-corrected chi connectivity index (χ2v) is 8.99. The van der Waals surface area contributed by atoms with Gasteiger partial charge >= 0.3 is 23.9 Å². The number of hydrogen-bond acceptors (Lipinski definition) is 9. The van der Waals surface area contributed by atoms with Crippen LogP contribution in [0.3, 0.4) is 0 Å². The van der Waals surface area contributed by atoms with Crippen LogP contribution in [0.15, 0.2) is 72.8 Å². The Bertz CT molecular complexity index is 1300. The summed E-state index contributed by atoms with van der Waals surface area (Å²) in [6.07, 6.45) is 6.92. The number of benzene rings is 2. The summed E-state index contributed by atoms with van der Waals surface area (Å²) in [6.45, 7) is 6.32. The van der Waals surface area contributed by atoms with Gasteiger partial charge in [-0.3, -0.25) is 4.79 Å². The number of ether oxygens (including phenoxy) is 4. The van der Waals surface area contributed by atoms with Crippen LogP contribution < -0.4 is 14.2 Å². The summed E-state index contributed by atoms with van der Waals surface area (Å²) in [5, 5.41) is 8.88. The molecule has 2 aromatic carbocycles. The minimum atomic E-state index is -0.948. The van der Waals surface area contributed by atoms with E-state index in [0.29, 0.717) is 5.56 Å². The summed E-state index contributed by atoms with van der Waals surface area (Å²) in [5.74, 6) is -4.34. The third kappa shape index (κ3) is 9.32. The maximum absolute atomic E-state index is 14.3. The first-order valence-corrected chi connectivity index (χ1v) is 12.5. The molecule has 0 saturated heterocycles. The van der Waals surface area contributed by atoms with Crippen molar-refractivity contribution in [3.63, 3.8) is 0 Å². The molecule has 0 aliphatic heterocycles. The van der Waals surface area contributed by atoms with Gasteiger partial charge in [0.25, 0.3) is 0 Å². The smallest absolute Gasteiger partial charge is 0.341 e. The number of esters is 4. The number of rotatable bonds is 11. The number of carbonyl (C=O) groups excluding carboxylic acids is 4. The van der Waals surface area contributed by atoms with Gasteiger partial charge in [0.15, 0.2) is 11.6 Å². The fourth-order valence-corrected chi connectivity index (χ4v) is 3.66. The molecule has 210 valence electrons. The first-order valence-electron chi connectivity index (χ1n) is 12.5. The predicted molar refractivity (Wildman–Crippen MR) is 142 cm³/mol. The molecular weight excluding hydrogens is 523 g/mol. The zero-order valence-electron chi connectivity index (χ0n) is 21.7. The number of hydrogen-bond donors (Lipinski definition) is 1. The third-order valence-corrected chi connectivity index (χ3v) is 5.80. The summed E-state index contributed by atoms with van der Waals surface area (Å²) in [4.78, 5) is 48.1. The van der Waals surface area contributed by atoms with E-state index in [9.17, 15) is 23.6 Å². The van der Waals surface area contributed by atoms with Crippen molar-refractivity contribution in [1.29, 1.82) is 0 Å². The summed E-state index contributed by atoms with van der Waals surface area (Å²) in [5.41, 5.74) is 0.324. The predicted octanol–water partition coefficient (Wildman–Crippen LogP) is 4.63. The molecule has 40 heavy (non-hydrogen) atoms. The van der Waals surface area contributed by atoms with Crippen molar-refractivity contribution in [2.24, 2.45) is 0 Å². The minimum absolute atomic E-state index is 0.0263. The third-order valence-electron chi connectivity index (χ3n) is 5.80. The molecule has 0 amide bonds. The van der Waals surface area contributed by atoms with E-state index in [1.54, 1.807) is 12.1 Å². The zero-order chi connectivity index (χ0) is 29.1. The molecular formula is C30H29FO9. The monoisotopic (exact) mass is 552 g/mol. The SMILES string of the molecule is C=C(CO)C(=O)Oc1ccc(OC(=O)/C=C/c2ccc(OC(=O)C(=C)CC(=O)OC3CCCCC3)cc2)c(F)c1. The highest BCUT2D eigenvalue weighted by Gasteiger charge is 2.21. The van der Waals surface area contributed by atoms with Gasteiger partial charge in [0.2, 0.25) is 0 Å². The Balaban J connectivity index is 1.47. The van der Waals surface area contributed by atoms with Gasteiger partial charge in [-0.1, -0.05) is 31.7 Å². The Morgan fingerprint density at radius 2 is 1.50 bits per heavy atom. The summed E-state index contributed by atoms with van der Waals surface area (Å²) in [6, 6.07) is 9.28. The Labute approximate surface area is 230 Å². The van der Waals surface area contributed by atoms with Gasteiger partial charge < -0.3 is 24.1 Å². The Morgan fingerprint density at radius 1 is 0.875 bits per heavy atom. The molecule has 3 rings (SSSR count). The highest BCUT2D eigenvalue weighted by molar-refractivity contribution is 5.94. The fourth-order valence-electron chi connectivity index (χ4n) is 3.66. The molecule has 2 aromatic rings. The number of carbonyl (C=O) groups is 4. The molecule has 1 saturated carbocycles. The second-order valence-electron chi connectivity index (χ2n) is 8.99. The molecule has 0 heterocycles. The average Bonchev–Trinajstić information content (AvgIpc) is 2.94. The van der Waals surface area contributed by atoms with Crippen molar-refractivity contribution in [2.45, 2.75) is 44.6 Å². The van der Waals surface area contributed by atoms with Crippen LogP contribution in [-0.4, -0.2) is 41.7 Å². The Morgan fingerprint density at radius 3 is 2.15 bits per heavy atom. The van der Waals surface area contributed by atoms with Crippen molar-refractivity contribution < 1.29 is 47.6 Å². The fraction of sp³-hybridized carbons (Fsp3) is 0.267. The van der Waals surface area contributed by atoms with Gasteiger partial charge in [0.1, 0.15) is 17.6 Å². The second kappa shape index (κ2) is 14.5. The van der Waals surface area contributed by atoms with E-state index in [-0.39, 0.29) is 40.9 Å². The first kappa shape index (κ1) is 30.0. The van der Waals surface area contributed by atoms with Crippen LogP contribution in [0, 0.1) is 5.82 Å². The summed E-state index contributed by atoms with van der Waals surface area (Å²) in [7, 11) is 0. The van der Waals surface area contributed by atoms with Crippen LogP contribution in [-0.2, 0) is 23.9 Å². The Hall–Kier alpha value is -4.57. The first-order chi connectivity index (χ1) is 19.1. The van der Waals surface area contributed by atoms with Crippen molar-refractivity contribution in [3.05, 3.63) is 84.2 Å². The lowest BCUT2D eigenvalue weighted by Crippen LogP contribution is -2.22. The van der Waals surface area contributed by atoms with E-state index in [4.69, 9.17) is 24.1 Å². The molecule has 1 aliphatic rings. The van der Waals surface area contributed by atoms with Crippen LogP contribution in [0.4, 0.5) is 4.39 Å². The molecule has 0 radical (unpaired) electrons. The highest BCUT2D eigenvalue weighted by Crippen LogP contribution is 2.24. The maximum atomic E-state index is 14.3. The zero-order valence-corrected chi connectivity index (χ0v) is 21.7. The molecule has 0 unspecified atom stereocenters. The standard InChI is InChI=1S/C30H29FO9/c1-19(16-28(34)37-22-6-4-3-5-7-22)29(35)38-23-11-8-21(9-12-23)10-15-27(33)40-26-14-13-24(17-25(26)31)39-30(36)20(2)18-32/h8-15,17,22,32H,1-7,16,18H2/b15-10+. The van der Waals surface area contributed by atoms with Crippen molar-refractivity contribution >= 4 is 30.0 Å². The Kier molecular flexibility index (Phi) is 10.9. The topological polar surface area (TPSA) is 125 Å². The van der Waals surface area contributed by atoms with E-state index in [0.717, 1.165) is 50.3 Å². The molecule has 0 bridgehead atoms. The van der Waals surface area contributed by atoms with Crippen molar-refractivity contribution in [3.8, 4) is 17.2 Å². The largest absolute Gasteiger partial charge is 0.462 e. The van der Waals surface area contributed by atoms with E-state index < -0.39 is 36.3 Å². The molecule has 1 fully saturated rings. The van der Waals surface area contributed by atoms with Crippen LogP contribution in [0.25, 0.3) is 6.08 Å². The molecule has 0 atom stereocenters.